The number of likely N-dealkylation sites (N-methyl/N-ethyl adjacent to an activating group) is 1. The van der Waals surface area contributed by atoms with Gasteiger partial charge in [0.05, 0.1) is 23.6 Å². The third-order valence-electron chi connectivity index (χ3n) is 3.48. The molecule has 2 aromatic rings. The Bertz CT molecular complexity index is 881. The third-order valence-corrected chi connectivity index (χ3v) is 5.29. The van der Waals surface area contributed by atoms with Gasteiger partial charge in [0.15, 0.2) is 0 Å². The summed E-state index contributed by atoms with van der Waals surface area (Å²) in [4.78, 5) is 24.0. The first-order chi connectivity index (χ1) is 12.3. The SMILES string of the molecule is CCOC(=O)c1cccc(NC(=O)CN(C)S(=O)(=O)c2ccccc2)c1. The summed E-state index contributed by atoms with van der Waals surface area (Å²) in [5.74, 6) is -1.01. The van der Waals surface area contributed by atoms with E-state index in [4.69, 9.17) is 4.74 Å². The summed E-state index contributed by atoms with van der Waals surface area (Å²) in [6, 6.07) is 14.1. The van der Waals surface area contributed by atoms with Gasteiger partial charge in [0, 0.05) is 12.7 Å². The Labute approximate surface area is 152 Å². The number of benzene rings is 2. The van der Waals surface area contributed by atoms with Crippen molar-refractivity contribution in [2.45, 2.75) is 11.8 Å². The number of carbonyl (C=O) groups is 2. The van der Waals surface area contributed by atoms with Gasteiger partial charge in [-0.05, 0) is 37.3 Å². The van der Waals surface area contributed by atoms with Gasteiger partial charge in [0.1, 0.15) is 0 Å². The molecule has 0 aliphatic rings. The summed E-state index contributed by atoms with van der Waals surface area (Å²) < 4.78 is 30.7. The summed E-state index contributed by atoms with van der Waals surface area (Å²) in [5, 5.41) is 2.58. The van der Waals surface area contributed by atoms with Crippen molar-refractivity contribution in [1.29, 1.82) is 0 Å². The number of hydrogen-bond donors (Lipinski definition) is 1. The molecule has 138 valence electrons. The molecule has 0 fully saturated rings. The highest BCUT2D eigenvalue weighted by molar-refractivity contribution is 7.89. The summed E-state index contributed by atoms with van der Waals surface area (Å²) in [7, 11) is -2.43. The van der Waals surface area contributed by atoms with Crippen LogP contribution in [0.25, 0.3) is 0 Å². The molecule has 2 aromatic carbocycles. The Hall–Kier alpha value is -2.71. The number of esters is 1. The lowest BCUT2D eigenvalue weighted by molar-refractivity contribution is -0.116. The number of ether oxygens (including phenoxy) is 1. The zero-order valence-electron chi connectivity index (χ0n) is 14.5. The molecule has 1 amide bonds. The van der Waals surface area contributed by atoms with Crippen LogP contribution in [0.5, 0.6) is 0 Å². The second-order valence-corrected chi connectivity index (χ2v) is 7.47. The predicted octanol–water partition coefficient (Wildman–Crippen LogP) is 2.12. The number of rotatable bonds is 7. The first kappa shape index (κ1) is 19.6. The van der Waals surface area contributed by atoms with Crippen LogP contribution >= 0.6 is 0 Å². The van der Waals surface area contributed by atoms with E-state index in [9.17, 15) is 18.0 Å². The van der Waals surface area contributed by atoms with E-state index in [1.54, 1.807) is 43.3 Å². The molecule has 2 rings (SSSR count). The van der Waals surface area contributed by atoms with E-state index in [-0.39, 0.29) is 18.0 Å². The highest BCUT2D eigenvalue weighted by atomic mass is 32.2. The molecule has 0 aromatic heterocycles. The molecule has 0 saturated heterocycles. The number of amides is 1. The molecule has 0 heterocycles. The van der Waals surface area contributed by atoms with E-state index in [1.807, 2.05) is 0 Å². The average Bonchev–Trinajstić information content (AvgIpc) is 2.62. The van der Waals surface area contributed by atoms with Crippen LogP contribution in [0.2, 0.25) is 0 Å². The number of carbonyl (C=O) groups excluding carboxylic acids is 2. The molecule has 1 N–H and O–H groups in total. The first-order valence-electron chi connectivity index (χ1n) is 7.93. The summed E-state index contributed by atoms with van der Waals surface area (Å²) >= 11 is 0. The first-order valence-corrected chi connectivity index (χ1v) is 9.37. The smallest absolute Gasteiger partial charge is 0.338 e. The van der Waals surface area contributed by atoms with Gasteiger partial charge in [-0.2, -0.15) is 4.31 Å². The van der Waals surface area contributed by atoms with Gasteiger partial charge in [0.2, 0.25) is 15.9 Å². The fraction of sp³-hybridized carbons (Fsp3) is 0.222. The fourth-order valence-corrected chi connectivity index (χ4v) is 3.35. The lowest BCUT2D eigenvalue weighted by Crippen LogP contribution is -2.34. The van der Waals surface area contributed by atoms with Crippen molar-refractivity contribution in [1.82, 2.24) is 4.31 Å². The lowest BCUT2D eigenvalue weighted by atomic mass is 10.2. The summed E-state index contributed by atoms with van der Waals surface area (Å²) in [6.07, 6.45) is 0. The Morgan fingerprint density at radius 2 is 1.77 bits per heavy atom. The second kappa shape index (κ2) is 8.59. The number of nitrogens with zero attached hydrogens (tertiary/aromatic N) is 1. The molecular weight excluding hydrogens is 356 g/mol. The van der Waals surface area contributed by atoms with Crippen LogP contribution in [0.3, 0.4) is 0 Å². The molecule has 0 radical (unpaired) electrons. The molecule has 8 heteroatoms. The maximum absolute atomic E-state index is 12.4. The van der Waals surface area contributed by atoms with Crippen LogP contribution in [-0.4, -0.2) is 44.8 Å². The quantitative estimate of drug-likeness (QED) is 0.747. The average molecular weight is 376 g/mol. The van der Waals surface area contributed by atoms with Crippen LogP contribution in [-0.2, 0) is 19.6 Å². The van der Waals surface area contributed by atoms with E-state index in [2.05, 4.69) is 5.32 Å². The predicted molar refractivity (Wildman–Crippen MR) is 97.3 cm³/mol. The number of anilines is 1. The highest BCUT2D eigenvalue weighted by Crippen LogP contribution is 2.15. The van der Waals surface area contributed by atoms with Gasteiger partial charge in [-0.25, -0.2) is 13.2 Å². The molecule has 26 heavy (non-hydrogen) atoms. The van der Waals surface area contributed by atoms with E-state index in [1.165, 1.54) is 25.2 Å². The van der Waals surface area contributed by atoms with Crippen LogP contribution in [0, 0.1) is 0 Å². The monoisotopic (exact) mass is 376 g/mol. The molecule has 7 nitrogen and oxygen atoms in total. The zero-order chi connectivity index (χ0) is 19.2. The third kappa shape index (κ3) is 4.90. The maximum atomic E-state index is 12.4. The van der Waals surface area contributed by atoms with Crippen LogP contribution in [0.15, 0.2) is 59.5 Å². The zero-order valence-corrected chi connectivity index (χ0v) is 15.3. The van der Waals surface area contributed by atoms with Gasteiger partial charge in [-0.15, -0.1) is 0 Å². The van der Waals surface area contributed by atoms with Crippen molar-refractivity contribution < 1.29 is 22.7 Å². The van der Waals surface area contributed by atoms with Crippen LogP contribution in [0.4, 0.5) is 5.69 Å². The Kier molecular flexibility index (Phi) is 6.48. The van der Waals surface area contributed by atoms with Crippen molar-refractivity contribution >= 4 is 27.6 Å². The highest BCUT2D eigenvalue weighted by Gasteiger charge is 2.22. The summed E-state index contributed by atoms with van der Waals surface area (Å²) in [6.45, 7) is 1.59. The number of sulfonamides is 1. The van der Waals surface area contributed by atoms with Gasteiger partial charge in [-0.3, -0.25) is 4.79 Å². The van der Waals surface area contributed by atoms with Crippen molar-refractivity contribution in [3.05, 3.63) is 60.2 Å². The van der Waals surface area contributed by atoms with Crippen LogP contribution < -0.4 is 5.32 Å². The number of nitrogens with one attached hydrogen (secondary N) is 1. The fourth-order valence-electron chi connectivity index (χ4n) is 2.20. The minimum absolute atomic E-state index is 0.111. The van der Waals surface area contributed by atoms with Crippen molar-refractivity contribution in [2.24, 2.45) is 0 Å². The molecular formula is C18H20N2O5S. The van der Waals surface area contributed by atoms with Crippen molar-refractivity contribution in [2.75, 3.05) is 25.5 Å². The van der Waals surface area contributed by atoms with Gasteiger partial charge in [-0.1, -0.05) is 24.3 Å². The molecule has 0 saturated carbocycles. The van der Waals surface area contributed by atoms with Gasteiger partial charge < -0.3 is 10.1 Å². The summed E-state index contributed by atoms with van der Waals surface area (Å²) in [5.41, 5.74) is 0.681. The second-order valence-electron chi connectivity index (χ2n) is 5.42. The van der Waals surface area contributed by atoms with Gasteiger partial charge in [0.25, 0.3) is 0 Å². The van der Waals surface area contributed by atoms with E-state index < -0.39 is 21.9 Å². The molecule has 0 aliphatic heterocycles. The van der Waals surface area contributed by atoms with Gasteiger partial charge >= 0.3 is 5.97 Å². The lowest BCUT2D eigenvalue weighted by Gasteiger charge is -2.17. The molecule has 0 unspecified atom stereocenters. The minimum Gasteiger partial charge on any atom is -0.462 e. The Balaban J connectivity index is 2.05. The van der Waals surface area contributed by atoms with Crippen LogP contribution in [0.1, 0.15) is 17.3 Å². The number of hydrogen-bond acceptors (Lipinski definition) is 5. The molecule has 0 bridgehead atoms. The molecule has 0 aliphatic carbocycles. The van der Waals surface area contributed by atoms with E-state index in [0.717, 1.165) is 4.31 Å². The Morgan fingerprint density at radius 3 is 2.42 bits per heavy atom. The molecule has 0 atom stereocenters. The van der Waals surface area contributed by atoms with Crippen molar-refractivity contribution in [3.8, 4) is 0 Å². The standard InChI is InChI=1S/C18H20N2O5S/c1-3-25-18(22)14-8-7-9-15(12-14)19-17(21)13-20(2)26(23,24)16-10-5-4-6-11-16/h4-12H,3,13H2,1-2H3,(H,19,21). The topological polar surface area (TPSA) is 92.8 Å². The normalized spacial score (nSPS) is 11.2. The molecule has 0 spiro atoms. The van der Waals surface area contributed by atoms with E-state index >= 15 is 0 Å². The van der Waals surface area contributed by atoms with Crippen molar-refractivity contribution in [3.63, 3.8) is 0 Å². The Morgan fingerprint density at radius 1 is 1.08 bits per heavy atom. The van der Waals surface area contributed by atoms with E-state index in [0.29, 0.717) is 11.3 Å². The largest absolute Gasteiger partial charge is 0.462 e. The maximum Gasteiger partial charge on any atom is 0.338 e. The minimum atomic E-state index is -3.76.